The lowest BCUT2D eigenvalue weighted by Gasteiger charge is -2.14. The van der Waals surface area contributed by atoms with Crippen molar-refractivity contribution in [3.63, 3.8) is 0 Å². The summed E-state index contributed by atoms with van der Waals surface area (Å²) < 4.78 is 43.7. The van der Waals surface area contributed by atoms with Gasteiger partial charge in [-0.05, 0) is 25.2 Å². The van der Waals surface area contributed by atoms with E-state index in [0.717, 1.165) is 17.8 Å². The molecule has 24 heavy (non-hydrogen) atoms. The molecule has 0 saturated heterocycles. The summed E-state index contributed by atoms with van der Waals surface area (Å²) in [5.41, 5.74) is 0.416. The van der Waals surface area contributed by atoms with Gasteiger partial charge >= 0.3 is 6.18 Å². The zero-order chi connectivity index (χ0) is 17.5. The number of likely N-dealkylation sites (N-methyl/N-ethyl adjacent to an activating group) is 1. The first kappa shape index (κ1) is 16.9. The van der Waals surface area contributed by atoms with Crippen molar-refractivity contribution >= 4 is 11.6 Å². The molecule has 1 aliphatic rings. The van der Waals surface area contributed by atoms with Crippen LogP contribution in [0.2, 0.25) is 5.02 Å². The van der Waals surface area contributed by atoms with Gasteiger partial charge in [-0.15, -0.1) is 0 Å². The fourth-order valence-electron chi connectivity index (χ4n) is 2.57. The Kier molecular flexibility index (Phi) is 4.31. The number of pyridine rings is 1. The zero-order valence-corrected chi connectivity index (χ0v) is 13.4. The monoisotopic (exact) mass is 358 g/mol. The van der Waals surface area contributed by atoms with E-state index in [9.17, 15) is 18.3 Å². The van der Waals surface area contributed by atoms with E-state index < -0.39 is 11.7 Å². The predicted octanol–water partition coefficient (Wildman–Crippen LogP) is 3.95. The summed E-state index contributed by atoms with van der Waals surface area (Å²) in [5, 5.41) is 10.1. The number of aromatic nitrogens is 1. The molecular weight excluding hydrogens is 345 g/mol. The molecule has 0 bridgehead atoms. The van der Waals surface area contributed by atoms with Crippen molar-refractivity contribution in [2.24, 2.45) is 0 Å². The van der Waals surface area contributed by atoms with Gasteiger partial charge in [0.1, 0.15) is 6.61 Å². The molecule has 0 aliphatic carbocycles. The maximum atomic E-state index is 12.7. The van der Waals surface area contributed by atoms with E-state index in [2.05, 4.69) is 4.98 Å². The molecule has 0 atom stereocenters. The van der Waals surface area contributed by atoms with Crippen LogP contribution in [0.5, 0.6) is 11.5 Å². The average Bonchev–Trinajstić information content (AvgIpc) is 2.67. The van der Waals surface area contributed by atoms with Gasteiger partial charge in [-0.3, -0.25) is 9.88 Å². The summed E-state index contributed by atoms with van der Waals surface area (Å²) in [4.78, 5) is 5.84. The van der Waals surface area contributed by atoms with Gasteiger partial charge in [0.2, 0.25) is 0 Å². The minimum atomic E-state index is -4.51. The van der Waals surface area contributed by atoms with Crippen LogP contribution in [0.25, 0.3) is 11.3 Å². The highest BCUT2D eigenvalue weighted by Crippen LogP contribution is 2.39. The first-order valence-electron chi connectivity index (χ1n) is 7.16. The Morgan fingerprint density at radius 1 is 1.29 bits per heavy atom. The third-order valence-corrected chi connectivity index (χ3v) is 4.04. The van der Waals surface area contributed by atoms with Crippen molar-refractivity contribution in [2.75, 3.05) is 20.2 Å². The van der Waals surface area contributed by atoms with E-state index in [0.29, 0.717) is 31.0 Å². The lowest BCUT2D eigenvalue weighted by molar-refractivity contribution is -0.137. The van der Waals surface area contributed by atoms with Crippen molar-refractivity contribution in [1.82, 2.24) is 9.88 Å². The molecule has 4 nitrogen and oxygen atoms in total. The Morgan fingerprint density at radius 2 is 2.04 bits per heavy atom. The van der Waals surface area contributed by atoms with Crippen LogP contribution in [0.4, 0.5) is 13.2 Å². The van der Waals surface area contributed by atoms with E-state index in [1.54, 1.807) is 6.07 Å². The van der Waals surface area contributed by atoms with Crippen molar-refractivity contribution in [1.29, 1.82) is 0 Å². The predicted molar refractivity (Wildman–Crippen MR) is 83.2 cm³/mol. The van der Waals surface area contributed by atoms with Gasteiger partial charge < -0.3 is 9.84 Å². The molecular formula is C16H14ClF3N2O2. The highest BCUT2D eigenvalue weighted by molar-refractivity contribution is 6.33. The first-order chi connectivity index (χ1) is 11.3. The molecule has 128 valence electrons. The number of aromatic hydroxyl groups is 1. The summed E-state index contributed by atoms with van der Waals surface area (Å²) in [6, 6.07) is 3.94. The molecule has 0 radical (unpaired) electrons. The van der Waals surface area contributed by atoms with Crippen molar-refractivity contribution in [2.45, 2.75) is 12.7 Å². The van der Waals surface area contributed by atoms with Crippen LogP contribution in [-0.2, 0) is 12.7 Å². The Bertz CT molecular complexity index is 781. The number of ether oxygens (including phenoxy) is 1. The number of rotatable bonds is 1. The average molecular weight is 359 g/mol. The Labute approximate surface area is 141 Å². The number of fused-ring (bicyclic) bond motifs is 1. The summed E-state index contributed by atoms with van der Waals surface area (Å²) in [7, 11) is 1.91. The van der Waals surface area contributed by atoms with E-state index in [1.165, 1.54) is 6.07 Å². The minimum Gasteiger partial charge on any atom is -0.504 e. The Morgan fingerprint density at radius 3 is 2.71 bits per heavy atom. The lowest BCUT2D eigenvalue weighted by atomic mass is 10.0. The summed E-state index contributed by atoms with van der Waals surface area (Å²) in [6.45, 7) is 1.67. The van der Waals surface area contributed by atoms with Gasteiger partial charge in [-0.1, -0.05) is 11.6 Å². The fourth-order valence-corrected chi connectivity index (χ4v) is 2.85. The molecule has 0 spiro atoms. The number of halogens is 4. The summed E-state index contributed by atoms with van der Waals surface area (Å²) in [6.07, 6.45) is -3.78. The largest absolute Gasteiger partial charge is 0.504 e. The van der Waals surface area contributed by atoms with Crippen molar-refractivity contribution in [3.8, 4) is 22.8 Å². The van der Waals surface area contributed by atoms with E-state index >= 15 is 0 Å². The van der Waals surface area contributed by atoms with E-state index in [-0.39, 0.29) is 16.5 Å². The van der Waals surface area contributed by atoms with Crippen LogP contribution in [-0.4, -0.2) is 35.2 Å². The standard InChI is InChI=1S/C16H14ClF3N2O2/c1-22-2-3-24-15-10(8-22)4-9(5-13(15)23)14-12(17)6-11(7-21-14)16(18,19)20/h4-7,23H,2-3,8H2,1H3. The second kappa shape index (κ2) is 6.14. The molecule has 8 heteroatoms. The third kappa shape index (κ3) is 3.27. The molecule has 0 saturated carbocycles. The summed E-state index contributed by atoms with van der Waals surface area (Å²) >= 11 is 5.98. The van der Waals surface area contributed by atoms with Crippen LogP contribution in [0.1, 0.15) is 11.1 Å². The first-order valence-corrected chi connectivity index (χ1v) is 7.54. The van der Waals surface area contributed by atoms with E-state index in [1.807, 2.05) is 11.9 Å². The van der Waals surface area contributed by atoms with Gasteiger partial charge in [0, 0.05) is 30.4 Å². The molecule has 0 fully saturated rings. The van der Waals surface area contributed by atoms with Crippen LogP contribution in [0, 0.1) is 0 Å². The molecule has 0 amide bonds. The number of benzene rings is 1. The van der Waals surface area contributed by atoms with Crippen molar-refractivity contribution in [3.05, 3.63) is 40.5 Å². The van der Waals surface area contributed by atoms with Crippen LogP contribution < -0.4 is 4.74 Å². The smallest absolute Gasteiger partial charge is 0.417 e. The van der Waals surface area contributed by atoms with Gasteiger partial charge in [-0.25, -0.2) is 0 Å². The highest BCUT2D eigenvalue weighted by atomic mass is 35.5. The van der Waals surface area contributed by atoms with Crippen LogP contribution in [0.3, 0.4) is 0 Å². The van der Waals surface area contributed by atoms with Gasteiger partial charge in [-0.2, -0.15) is 13.2 Å². The molecule has 0 unspecified atom stereocenters. The third-order valence-electron chi connectivity index (χ3n) is 3.75. The van der Waals surface area contributed by atoms with Gasteiger partial charge in [0.05, 0.1) is 16.3 Å². The quantitative estimate of drug-likeness (QED) is 0.838. The minimum absolute atomic E-state index is 0.0874. The number of hydrogen-bond acceptors (Lipinski definition) is 4. The normalized spacial score (nSPS) is 15.5. The SMILES string of the molecule is CN1CCOc2c(O)cc(-c3ncc(C(F)(F)F)cc3Cl)cc2C1. The lowest BCUT2D eigenvalue weighted by Crippen LogP contribution is -2.20. The summed E-state index contributed by atoms with van der Waals surface area (Å²) in [5.74, 6) is 0.293. The fraction of sp³-hybridized carbons (Fsp3) is 0.312. The molecule has 2 aromatic rings. The molecule has 1 N–H and O–H groups in total. The Balaban J connectivity index is 2.06. The molecule has 3 rings (SSSR count). The molecule has 1 aliphatic heterocycles. The number of nitrogens with zero attached hydrogens (tertiary/aromatic N) is 2. The number of phenolic OH excluding ortho intramolecular Hbond substituents is 1. The van der Waals surface area contributed by atoms with Gasteiger partial charge in [0.15, 0.2) is 11.5 Å². The second-order valence-electron chi connectivity index (χ2n) is 5.62. The number of phenols is 1. The van der Waals surface area contributed by atoms with Crippen LogP contribution in [0.15, 0.2) is 24.4 Å². The maximum absolute atomic E-state index is 12.7. The number of alkyl halides is 3. The topological polar surface area (TPSA) is 45.6 Å². The maximum Gasteiger partial charge on any atom is 0.417 e. The molecule has 1 aromatic heterocycles. The second-order valence-corrected chi connectivity index (χ2v) is 6.03. The van der Waals surface area contributed by atoms with Gasteiger partial charge in [0.25, 0.3) is 0 Å². The number of hydrogen-bond donors (Lipinski definition) is 1. The van der Waals surface area contributed by atoms with Crippen molar-refractivity contribution < 1.29 is 23.0 Å². The van der Waals surface area contributed by atoms with Crippen LogP contribution >= 0.6 is 11.6 Å². The zero-order valence-electron chi connectivity index (χ0n) is 12.7. The molecule has 2 heterocycles. The highest BCUT2D eigenvalue weighted by Gasteiger charge is 2.31. The van der Waals surface area contributed by atoms with E-state index in [4.69, 9.17) is 16.3 Å². The molecule has 1 aromatic carbocycles. The Hall–Kier alpha value is -1.99.